The van der Waals surface area contributed by atoms with Gasteiger partial charge in [0, 0.05) is 37.1 Å². The predicted molar refractivity (Wildman–Crippen MR) is 133 cm³/mol. The predicted octanol–water partition coefficient (Wildman–Crippen LogP) is 9.65. The van der Waals surface area contributed by atoms with E-state index < -0.39 is 0 Å². The summed E-state index contributed by atoms with van der Waals surface area (Å²) >= 11 is 0. The molecule has 0 aromatic carbocycles. The molecule has 0 aliphatic heterocycles. The van der Waals surface area contributed by atoms with Crippen LogP contribution >= 0.6 is 17.2 Å². The number of hydrogen-bond donors (Lipinski definition) is 0. The number of rotatable bonds is 20. The molecule has 0 aromatic heterocycles. The summed E-state index contributed by atoms with van der Waals surface area (Å²) in [5.74, 6) is 0. The van der Waals surface area contributed by atoms with Gasteiger partial charge in [0.15, 0.2) is 0 Å². The number of unbranched alkanes of at least 4 members (excludes halogenated alkanes) is 12. The molecule has 2 radical (unpaired) electrons. The minimum absolute atomic E-state index is 0. The summed E-state index contributed by atoms with van der Waals surface area (Å²) in [5.41, 5.74) is 0. The minimum atomic E-state index is 0. The molecule has 0 aliphatic carbocycles. The van der Waals surface area contributed by atoms with E-state index in [4.69, 9.17) is 0 Å². The molecule has 0 unspecified atom stereocenters. The van der Waals surface area contributed by atoms with Crippen LogP contribution in [0.25, 0.3) is 0 Å². The molecule has 0 bridgehead atoms. The third kappa shape index (κ3) is 42.2. The largest absolute Gasteiger partial charge is 0.122 e. The van der Waals surface area contributed by atoms with Gasteiger partial charge in [0.2, 0.25) is 0 Å². The smallest absolute Gasteiger partial charge is 0 e. The maximum Gasteiger partial charge on any atom is 0 e. The van der Waals surface area contributed by atoms with Crippen LogP contribution in [0.15, 0.2) is 0 Å². The van der Waals surface area contributed by atoms with Crippen molar-refractivity contribution in [2.24, 2.45) is 0 Å². The second-order valence-corrected chi connectivity index (χ2v) is 10.7. The van der Waals surface area contributed by atoms with E-state index in [2.05, 4.69) is 27.7 Å². The fraction of sp³-hybridized carbons (Fsp3) is 1.00. The molecular formula is C24H54P2V2. The fourth-order valence-corrected chi connectivity index (χ4v) is 5.46. The zero-order valence-corrected chi connectivity index (χ0v) is 24.8. The summed E-state index contributed by atoms with van der Waals surface area (Å²) in [7, 11) is 2.51. The minimum Gasteiger partial charge on any atom is -0.122 e. The van der Waals surface area contributed by atoms with Gasteiger partial charge in [-0.15, -0.1) is 17.2 Å². The SMILES string of the molecule is CCCCCCPCCCCCC.CCCCCCPCCCCCC.[V].[V]. The van der Waals surface area contributed by atoms with Gasteiger partial charge in [-0.2, -0.15) is 0 Å². The third-order valence-corrected chi connectivity index (χ3v) is 7.66. The first kappa shape index (κ1) is 37.3. The van der Waals surface area contributed by atoms with Crippen molar-refractivity contribution in [1.29, 1.82) is 0 Å². The summed E-state index contributed by atoms with van der Waals surface area (Å²) in [6.45, 7) is 9.14. The molecule has 0 amide bonds. The van der Waals surface area contributed by atoms with E-state index in [-0.39, 0.29) is 37.1 Å². The van der Waals surface area contributed by atoms with Gasteiger partial charge in [-0.25, -0.2) is 0 Å². The van der Waals surface area contributed by atoms with E-state index in [9.17, 15) is 0 Å². The Bertz CT molecular complexity index is 175. The Morgan fingerprint density at radius 2 is 0.536 bits per heavy atom. The Morgan fingerprint density at radius 1 is 0.321 bits per heavy atom. The summed E-state index contributed by atoms with van der Waals surface area (Å²) in [6.07, 6.45) is 29.1. The monoisotopic (exact) mass is 506 g/mol. The molecule has 0 aromatic rings. The van der Waals surface area contributed by atoms with Crippen LogP contribution in [0.1, 0.15) is 130 Å². The van der Waals surface area contributed by atoms with E-state index in [1.807, 2.05) is 0 Å². The molecule has 0 saturated carbocycles. The van der Waals surface area contributed by atoms with E-state index >= 15 is 0 Å². The summed E-state index contributed by atoms with van der Waals surface area (Å²) < 4.78 is 0. The van der Waals surface area contributed by atoms with Crippen molar-refractivity contribution in [1.82, 2.24) is 0 Å². The second kappa shape index (κ2) is 39.5. The molecule has 0 heterocycles. The Kier molecular flexibility index (Phi) is 52.7. The van der Waals surface area contributed by atoms with Gasteiger partial charge < -0.3 is 0 Å². The van der Waals surface area contributed by atoms with Crippen molar-refractivity contribution < 1.29 is 37.1 Å². The Balaban J connectivity index is -0.000000192. The first-order valence-electron chi connectivity index (χ1n) is 12.2. The van der Waals surface area contributed by atoms with Gasteiger partial charge >= 0.3 is 0 Å². The zero-order chi connectivity index (χ0) is 19.6. The first-order valence-corrected chi connectivity index (χ1v) is 15.1. The van der Waals surface area contributed by atoms with E-state index in [1.165, 1.54) is 145 Å². The molecule has 0 rings (SSSR count). The first-order chi connectivity index (χ1) is 12.8. The standard InChI is InChI=1S/2C12H27P.2V/c2*1-3-5-7-9-11-13-12-10-8-6-4-2;;/h2*13H,3-12H2,1-2H3;;. The van der Waals surface area contributed by atoms with Crippen LogP contribution in [0.2, 0.25) is 0 Å². The third-order valence-electron chi connectivity index (χ3n) is 4.83. The van der Waals surface area contributed by atoms with Gasteiger partial charge in [0.25, 0.3) is 0 Å². The normalized spacial score (nSPS) is 9.86. The molecule has 0 N–H and O–H groups in total. The molecule has 0 aliphatic rings. The Hall–Kier alpha value is 2.03. The molecular weight excluding hydrogens is 452 g/mol. The fourth-order valence-electron chi connectivity index (χ4n) is 2.96. The molecule has 0 fully saturated rings. The van der Waals surface area contributed by atoms with E-state index in [1.54, 1.807) is 0 Å². The van der Waals surface area contributed by atoms with Crippen molar-refractivity contribution in [3.8, 4) is 0 Å². The Morgan fingerprint density at radius 3 is 0.714 bits per heavy atom. The number of hydrogen-bond acceptors (Lipinski definition) is 0. The van der Waals surface area contributed by atoms with Crippen molar-refractivity contribution in [3.05, 3.63) is 0 Å². The van der Waals surface area contributed by atoms with E-state index in [0.717, 1.165) is 0 Å². The van der Waals surface area contributed by atoms with Gasteiger partial charge in [-0.05, 0) is 50.3 Å². The summed E-state index contributed by atoms with van der Waals surface area (Å²) in [5, 5.41) is 0. The maximum atomic E-state index is 2.28. The average Bonchev–Trinajstić information content (AvgIpc) is 2.66. The van der Waals surface area contributed by atoms with Gasteiger partial charge in [0.1, 0.15) is 0 Å². The van der Waals surface area contributed by atoms with Crippen LogP contribution in [0, 0.1) is 0 Å². The molecule has 170 valence electrons. The molecule has 0 atom stereocenters. The van der Waals surface area contributed by atoms with Gasteiger partial charge in [0.05, 0.1) is 0 Å². The van der Waals surface area contributed by atoms with Crippen LogP contribution in [0.5, 0.6) is 0 Å². The average molecular weight is 507 g/mol. The van der Waals surface area contributed by atoms with Crippen molar-refractivity contribution in [2.75, 3.05) is 24.6 Å². The molecule has 0 spiro atoms. The maximum absolute atomic E-state index is 2.28. The summed E-state index contributed by atoms with van der Waals surface area (Å²) in [6, 6.07) is 0. The van der Waals surface area contributed by atoms with E-state index in [0.29, 0.717) is 0 Å². The summed E-state index contributed by atoms with van der Waals surface area (Å²) in [4.78, 5) is 0. The quantitative estimate of drug-likeness (QED) is 0.114. The zero-order valence-electron chi connectivity index (χ0n) is 20.0. The second-order valence-electron chi connectivity index (χ2n) is 7.74. The Labute approximate surface area is 208 Å². The molecule has 0 saturated heterocycles. The van der Waals surface area contributed by atoms with Crippen LogP contribution in [-0.4, -0.2) is 24.6 Å². The van der Waals surface area contributed by atoms with Crippen molar-refractivity contribution in [3.63, 3.8) is 0 Å². The van der Waals surface area contributed by atoms with Gasteiger partial charge in [-0.1, -0.05) is 105 Å². The van der Waals surface area contributed by atoms with Crippen LogP contribution < -0.4 is 0 Å². The van der Waals surface area contributed by atoms with Crippen LogP contribution in [0.3, 0.4) is 0 Å². The van der Waals surface area contributed by atoms with Gasteiger partial charge in [-0.3, -0.25) is 0 Å². The topological polar surface area (TPSA) is 0 Å². The molecule has 0 nitrogen and oxygen atoms in total. The van der Waals surface area contributed by atoms with Crippen LogP contribution in [-0.2, 0) is 37.1 Å². The van der Waals surface area contributed by atoms with Crippen molar-refractivity contribution in [2.45, 2.75) is 130 Å². The molecule has 4 heteroatoms. The molecule has 28 heavy (non-hydrogen) atoms. The van der Waals surface area contributed by atoms with Crippen molar-refractivity contribution >= 4 is 17.2 Å². The van der Waals surface area contributed by atoms with Crippen LogP contribution in [0.4, 0.5) is 0 Å².